The molecule has 1 amide bonds. The Labute approximate surface area is 168 Å². The Bertz CT molecular complexity index is 1370. The van der Waals surface area contributed by atoms with Crippen molar-refractivity contribution in [3.63, 3.8) is 0 Å². The van der Waals surface area contributed by atoms with Crippen molar-refractivity contribution in [3.05, 3.63) is 52.1 Å². The minimum absolute atomic E-state index is 0.0951. The number of amides is 1. The van der Waals surface area contributed by atoms with Crippen molar-refractivity contribution < 1.29 is 13.2 Å². The summed E-state index contributed by atoms with van der Waals surface area (Å²) in [5.74, 6) is -0.260. The molecule has 0 aliphatic rings. The second-order valence-corrected chi connectivity index (χ2v) is 10.2. The van der Waals surface area contributed by atoms with Crippen molar-refractivity contribution >= 4 is 64.0 Å². The molecule has 0 atom stereocenters. The van der Waals surface area contributed by atoms with Gasteiger partial charge in [-0.1, -0.05) is 34.8 Å². The minimum Gasteiger partial charge on any atom is -0.302 e. The van der Waals surface area contributed by atoms with E-state index in [2.05, 4.69) is 10.3 Å². The monoisotopic (exact) mass is 433 g/mol. The van der Waals surface area contributed by atoms with Crippen molar-refractivity contribution in [2.24, 2.45) is 0 Å². The smallest absolute Gasteiger partial charge is 0.302 e. The van der Waals surface area contributed by atoms with E-state index in [1.807, 2.05) is 24.3 Å². The summed E-state index contributed by atoms with van der Waals surface area (Å²) in [6.07, 6.45) is 1.28. The molecule has 2 aromatic carbocycles. The number of rotatable bonds is 5. The number of hydrogen-bond donors (Lipinski definition) is 1. The third-order valence-corrected chi connectivity index (χ3v) is 7.17. The lowest BCUT2D eigenvalue weighted by Crippen LogP contribution is -2.19. The van der Waals surface area contributed by atoms with Gasteiger partial charge in [0.25, 0.3) is 0 Å². The first-order valence-corrected chi connectivity index (χ1v) is 11.8. The molecule has 10 heteroatoms. The quantitative estimate of drug-likeness (QED) is 0.521. The second kappa shape index (κ2) is 7.12. The molecule has 7 nitrogen and oxygen atoms in total. The standard InChI is InChI=1S/C18H15N3O4S3/c1-28(24,25)11-6-7-12-15(10-11)26-17(19-12)20-16(22)8-9-21-13-4-2-3-5-14(13)27-18(21)23/h2-7,10H,8-9H2,1H3,(H,19,20,22). The normalized spacial score (nSPS) is 11.9. The number of nitrogens with one attached hydrogen (secondary N) is 1. The van der Waals surface area contributed by atoms with Crippen LogP contribution in [-0.4, -0.2) is 30.1 Å². The average molecular weight is 434 g/mol. The first-order valence-electron chi connectivity index (χ1n) is 8.30. The zero-order valence-corrected chi connectivity index (χ0v) is 17.2. The van der Waals surface area contributed by atoms with Gasteiger partial charge in [0, 0.05) is 19.2 Å². The van der Waals surface area contributed by atoms with Crippen LogP contribution in [0.3, 0.4) is 0 Å². The predicted octanol–water partition coefficient (Wildman–Crippen LogP) is 3.11. The summed E-state index contributed by atoms with van der Waals surface area (Å²) in [6.45, 7) is 0.276. The molecule has 4 aromatic rings. The molecule has 0 aliphatic carbocycles. The van der Waals surface area contributed by atoms with Crippen molar-refractivity contribution in [2.75, 3.05) is 11.6 Å². The van der Waals surface area contributed by atoms with Gasteiger partial charge < -0.3 is 5.32 Å². The van der Waals surface area contributed by atoms with E-state index in [9.17, 15) is 18.0 Å². The molecule has 0 saturated carbocycles. The zero-order valence-electron chi connectivity index (χ0n) is 14.7. The molecule has 2 aromatic heterocycles. The highest BCUT2D eigenvalue weighted by molar-refractivity contribution is 7.90. The van der Waals surface area contributed by atoms with E-state index >= 15 is 0 Å². The molecule has 0 fully saturated rings. The summed E-state index contributed by atoms with van der Waals surface area (Å²) in [4.78, 5) is 28.9. The van der Waals surface area contributed by atoms with Gasteiger partial charge in [-0.25, -0.2) is 13.4 Å². The fraction of sp³-hybridized carbons (Fsp3) is 0.167. The van der Waals surface area contributed by atoms with Crippen LogP contribution in [0.1, 0.15) is 6.42 Å². The number of para-hydroxylation sites is 1. The Hall–Kier alpha value is -2.56. The van der Waals surface area contributed by atoms with Crippen molar-refractivity contribution in [2.45, 2.75) is 17.9 Å². The highest BCUT2D eigenvalue weighted by atomic mass is 32.2. The molecule has 1 N–H and O–H groups in total. The van der Waals surface area contributed by atoms with Crippen LogP contribution < -0.4 is 10.2 Å². The van der Waals surface area contributed by atoms with Crippen LogP contribution in [0.4, 0.5) is 5.13 Å². The molecule has 0 radical (unpaired) electrons. The molecule has 2 heterocycles. The van der Waals surface area contributed by atoms with Gasteiger partial charge >= 0.3 is 4.87 Å². The van der Waals surface area contributed by atoms with E-state index in [-0.39, 0.29) is 28.6 Å². The van der Waals surface area contributed by atoms with E-state index in [0.29, 0.717) is 15.3 Å². The third-order valence-electron chi connectivity index (χ3n) is 4.17. The molecule has 4 rings (SSSR count). The number of sulfone groups is 1. The maximum atomic E-state index is 12.3. The maximum Gasteiger partial charge on any atom is 0.308 e. The van der Waals surface area contributed by atoms with E-state index in [0.717, 1.165) is 27.8 Å². The van der Waals surface area contributed by atoms with Crippen molar-refractivity contribution in [1.82, 2.24) is 9.55 Å². The van der Waals surface area contributed by atoms with Crippen LogP contribution in [0.5, 0.6) is 0 Å². The predicted molar refractivity (Wildman–Crippen MR) is 112 cm³/mol. The lowest BCUT2D eigenvalue weighted by atomic mass is 10.3. The van der Waals surface area contributed by atoms with Crippen LogP contribution in [0, 0.1) is 0 Å². The van der Waals surface area contributed by atoms with Gasteiger partial charge in [-0.15, -0.1) is 0 Å². The topological polar surface area (TPSA) is 98.1 Å². The van der Waals surface area contributed by atoms with Crippen molar-refractivity contribution in [1.29, 1.82) is 0 Å². The molecule has 28 heavy (non-hydrogen) atoms. The molecule has 0 bridgehead atoms. The SMILES string of the molecule is CS(=O)(=O)c1ccc2nc(NC(=O)CCn3c(=O)sc4ccccc43)sc2c1. The number of thiazole rings is 2. The molecule has 0 saturated heterocycles. The fourth-order valence-electron chi connectivity index (χ4n) is 2.81. The number of carbonyl (C=O) groups is 1. The number of fused-ring (bicyclic) bond motifs is 2. The largest absolute Gasteiger partial charge is 0.308 e. The van der Waals surface area contributed by atoms with Crippen LogP contribution in [0.2, 0.25) is 0 Å². The summed E-state index contributed by atoms with van der Waals surface area (Å²) >= 11 is 2.37. The summed E-state index contributed by atoms with van der Waals surface area (Å²) in [6, 6.07) is 12.1. The van der Waals surface area contributed by atoms with Gasteiger partial charge in [0.15, 0.2) is 15.0 Å². The van der Waals surface area contributed by atoms with Crippen LogP contribution in [0.15, 0.2) is 52.2 Å². The Morgan fingerprint density at radius 1 is 1.14 bits per heavy atom. The van der Waals surface area contributed by atoms with Gasteiger partial charge in [0.1, 0.15) is 0 Å². The first-order chi connectivity index (χ1) is 13.3. The number of anilines is 1. The molecule has 0 unspecified atom stereocenters. The molecule has 0 aliphatic heterocycles. The second-order valence-electron chi connectivity index (χ2n) is 6.21. The van der Waals surface area contributed by atoms with Gasteiger partial charge in [-0.2, -0.15) is 0 Å². The number of nitrogens with zero attached hydrogens (tertiary/aromatic N) is 2. The average Bonchev–Trinajstić information content (AvgIpc) is 3.17. The van der Waals surface area contributed by atoms with E-state index < -0.39 is 9.84 Å². The third kappa shape index (κ3) is 3.71. The van der Waals surface area contributed by atoms with Gasteiger partial charge in [0.2, 0.25) is 5.91 Å². The lowest BCUT2D eigenvalue weighted by molar-refractivity contribution is -0.116. The first kappa shape index (κ1) is 18.8. The number of benzene rings is 2. The lowest BCUT2D eigenvalue weighted by Gasteiger charge is -2.04. The van der Waals surface area contributed by atoms with Crippen LogP contribution in [-0.2, 0) is 21.2 Å². The number of aryl methyl sites for hydroxylation is 1. The van der Waals surface area contributed by atoms with E-state index in [1.54, 1.807) is 16.7 Å². The molecular weight excluding hydrogens is 418 g/mol. The van der Waals surface area contributed by atoms with Crippen LogP contribution in [0.25, 0.3) is 20.4 Å². The fourth-order valence-corrected chi connectivity index (χ4v) is 5.37. The summed E-state index contributed by atoms with van der Waals surface area (Å²) in [5, 5.41) is 3.12. The summed E-state index contributed by atoms with van der Waals surface area (Å²) in [5.41, 5.74) is 1.44. The summed E-state index contributed by atoms with van der Waals surface area (Å²) < 4.78 is 26.5. The summed E-state index contributed by atoms with van der Waals surface area (Å²) in [7, 11) is -3.30. The maximum absolute atomic E-state index is 12.3. The molecule has 0 spiro atoms. The van der Waals surface area contributed by atoms with E-state index in [4.69, 9.17) is 0 Å². The van der Waals surface area contributed by atoms with Gasteiger partial charge in [-0.05, 0) is 30.3 Å². The molecule has 144 valence electrons. The van der Waals surface area contributed by atoms with Crippen molar-refractivity contribution in [3.8, 4) is 0 Å². The number of hydrogen-bond acceptors (Lipinski definition) is 7. The zero-order chi connectivity index (χ0) is 19.9. The highest BCUT2D eigenvalue weighted by Gasteiger charge is 2.13. The van der Waals surface area contributed by atoms with Gasteiger partial charge in [-0.3, -0.25) is 14.2 Å². The van der Waals surface area contributed by atoms with Crippen LogP contribution >= 0.6 is 22.7 Å². The Morgan fingerprint density at radius 3 is 2.71 bits per heavy atom. The Kier molecular flexibility index (Phi) is 4.77. The Balaban J connectivity index is 1.49. The highest BCUT2D eigenvalue weighted by Crippen LogP contribution is 2.28. The minimum atomic E-state index is -3.30. The number of aromatic nitrogens is 2. The Morgan fingerprint density at radius 2 is 1.93 bits per heavy atom. The van der Waals surface area contributed by atoms with E-state index in [1.165, 1.54) is 17.4 Å². The number of carbonyl (C=O) groups excluding carboxylic acids is 1. The molecular formula is C18H15N3O4S3. The van der Waals surface area contributed by atoms with Gasteiger partial charge in [0.05, 0.1) is 25.3 Å².